The Kier molecular flexibility index (Phi) is 8.65. The summed E-state index contributed by atoms with van der Waals surface area (Å²) in [6, 6.07) is 8.84. The molecule has 1 aromatic heterocycles. The van der Waals surface area contributed by atoms with Gasteiger partial charge in [0.1, 0.15) is 5.82 Å². The zero-order valence-electron chi connectivity index (χ0n) is 18.2. The Balaban J connectivity index is 2.19. The van der Waals surface area contributed by atoms with Crippen LogP contribution in [0.4, 0.5) is 9.52 Å². The van der Waals surface area contributed by atoms with Crippen LogP contribution in [0.5, 0.6) is 0 Å². The molecular formula is C23H19Cl3FN3O2S2. The van der Waals surface area contributed by atoms with Crippen LogP contribution in [0.15, 0.2) is 51.3 Å². The number of nitrogens with two attached hydrogens (primary N) is 1. The molecule has 0 radical (unpaired) electrons. The highest BCUT2D eigenvalue weighted by Gasteiger charge is 2.23. The summed E-state index contributed by atoms with van der Waals surface area (Å²) in [5.74, 6) is -1.97. The fourth-order valence-corrected chi connectivity index (χ4v) is 5.93. The lowest BCUT2D eigenvalue weighted by molar-refractivity contribution is -0.129. The van der Waals surface area contributed by atoms with Gasteiger partial charge in [-0.3, -0.25) is 0 Å². The van der Waals surface area contributed by atoms with Crippen LogP contribution in [0.25, 0.3) is 16.8 Å². The minimum atomic E-state index is -1.34. The topological polar surface area (TPSA) is 88.6 Å². The summed E-state index contributed by atoms with van der Waals surface area (Å²) in [5, 5.41) is 11.3. The van der Waals surface area contributed by atoms with Gasteiger partial charge < -0.3 is 10.8 Å². The first-order chi connectivity index (χ1) is 16.0. The first-order valence-electron chi connectivity index (χ1n) is 9.84. The number of thioether (sulfide) groups is 1. The number of rotatable bonds is 7. The molecule has 0 bridgehead atoms. The third-order valence-electron chi connectivity index (χ3n) is 4.31. The molecule has 2 aromatic carbocycles. The summed E-state index contributed by atoms with van der Waals surface area (Å²) >= 11 is 21.0. The molecule has 0 aliphatic rings. The molecule has 0 saturated heterocycles. The average molecular weight is 559 g/mol. The van der Waals surface area contributed by atoms with Gasteiger partial charge in [-0.15, -0.1) is 11.8 Å². The smallest absolute Gasteiger partial charge is 0.355 e. The van der Waals surface area contributed by atoms with Crippen molar-refractivity contribution in [3.8, 4) is 11.3 Å². The number of aliphatic carboxylic acids is 1. The summed E-state index contributed by atoms with van der Waals surface area (Å²) < 4.78 is 14.8. The molecule has 0 aliphatic heterocycles. The summed E-state index contributed by atoms with van der Waals surface area (Å²) in [5.41, 5.74) is 7.34. The molecule has 0 saturated carbocycles. The second-order valence-corrected chi connectivity index (χ2v) is 11.5. The van der Waals surface area contributed by atoms with Gasteiger partial charge in [0.05, 0.1) is 19.9 Å². The van der Waals surface area contributed by atoms with Gasteiger partial charge in [0.25, 0.3) is 0 Å². The molecule has 5 nitrogen and oxygen atoms in total. The SMILES string of the molecule is CC(N)=C(C(=Nc1nc(-c2ccc(Cl)c(Cl)c2)c(SC(C)C)s1)C(=O)O)c1cc(F)cc(Cl)c1. The molecule has 3 rings (SSSR count). The number of hydrogen-bond donors (Lipinski definition) is 2. The molecule has 11 heteroatoms. The summed E-state index contributed by atoms with van der Waals surface area (Å²) in [4.78, 5) is 21.1. The lowest BCUT2D eigenvalue weighted by Crippen LogP contribution is -2.18. The van der Waals surface area contributed by atoms with Crippen LogP contribution in [-0.4, -0.2) is 27.0 Å². The van der Waals surface area contributed by atoms with Crippen molar-refractivity contribution in [3.05, 3.63) is 68.5 Å². The average Bonchev–Trinajstić information content (AvgIpc) is 3.10. The lowest BCUT2D eigenvalue weighted by Gasteiger charge is -2.11. The van der Waals surface area contributed by atoms with E-state index in [2.05, 4.69) is 9.98 Å². The molecular weight excluding hydrogens is 540 g/mol. The summed E-state index contributed by atoms with van der Waals surface area (Å²) in [7, 11) is 0. The van der Waals surface area contributed by atoms with Crippen molar-refractivity contribution in [2.24, 2.45) is 10.7 Å². The number of benzene rings is 2. The van der Waals surface area contributed by atoms with Gasteiger partial charge >= 0.3 is 5.97 Å². The summed E-state index contributed by atoms with van der Waals surface area (Å²) in [6.45, 7) is 5.57. The molecule has 3 aromatic rings. The van der Waals surface area contributed by atoms with E-state index in [4.69, 9.17) is 40.5 Å². The van der Waals surface area contributed by atoms with Gasteiger partial charge in [-0.2, -0.15) is 0 Å². The van der Waals surface area contributed by atoms with E-state index in [0.29, 0.717) is 15.7 Å². The number of nitrogens with zero attached hydrogens (tertiary/aromatic N) is 2. The molecule has 0 fully saturated rings. The van der Waals surface area contributed by atoms with Crippen LogP contribution >= 0.6 is 57.9 Å². The Bertz CT molecular complexity index is 1300. The van der Waals surface area contributed by atoms with Crippen molar-refractivity contribution in [2.45, 2.75) is 30.2 Å². The maximum absolute atomic E-state index is 14.0. The van der Waals surface area contributed by atoms with E-state index in [-0.39, 0.29) is 37.9 Å². The van der Waals surface area contributed by atoms with E-state index in [9.17, 15) is 14.3 Å². The van der Waals surface area contributed by atoms with E-state index >= 15 is 0 Å². The van der Waals surface area contributed by atoms with Gasteiger partial charge in [0.2, 0.25) is 5.13 Å². The standard InChI is InChI=1S/C23H19Cl3FN3O2S2/c1-10(2)33-22-19(12-4-5-16(25)17(26)8-12)29-23(34-22)30-20(21(31)32)18(11(3)28)13-6-14(24)9-15(27)7-13/h4-10H,28H2,1-3H3,(H,31,32). The Labute approximate surface area is 219 Å². The molecule has 0 unspecified atom stereocenters. The molecule has 34 heavy (non-hydrogen) atoms. The monoisotopic (exact) mass is 557 g/mol. The largest absolute Gasteiger partial charge is 0.476 e. The van der Waals surface area contributed by atoms with Crippen molar-refractivity contribution in [2.75, 3.05) is 0 Å². The first-order valence-corrected chi connectivity index (χ1v) is 12.7. The second-order valence-electron chi connectivity index (χ2n) is 7.41. The Hall–Kier alpha value is -2.10. The Morgan fingerprint density at radius 1 is 1.18 bits per heavy atom. The van der Waals surface area contributed by atoms with Gasteiger partial charge in [-0.25, -0.2) is 19.2 Å². The number of carboxylic acid groups (broad SMARTS) is 1. The molecule has 0 aliphatic carbocycles. The fraction of sp³-hybridized carbons (Fsp3) is 0.174. The molecule has 1 heterocycles. The van der Waals surface area contributed by atoms with Crippen molar-refractivity contribution in [3.63, 3.8) is 0 Å². The third kappa shape index (κ3) is 6.31. The van der Waals surface area contributed by atoms with Crippen molar-refractivity contribution in [1.82, 2.24) is 4.98 Å². The Morgan fingerprint density at radius 3 is 2.44 bits per heavy atom. The number of aliphatic imine (C=N–C) groups is 1. The van der Waals surface area contributed by atoms with Gasteiger partial charge in [0.15, 0.2) is 5.71 Å². The zero-order valence-corrected chi connectivity index (χ0v) is 22.1. The van der Waals surface area contributed by atoms with Crippen LogP contribution in [0.1, 0.15) is 26.3 Å². The number of carboxylic acids is 1. The number of thiazole rings is 1. The Morgan fingerprint density at radius 2 is 1.88 bits per heavy atom. The molecule has 3 N–H and O–H groups in total. The molecule has 0 spiro atoms. The van der Waals surface area contributed by atoms with Crippen LogP contribution in [0.3, 0.4) is 0 Å². The highest BCUT2D eigenvalue weighted by Crippen LogP contribution is 2.42. The minimum Gasteiger partial charge on any atom is -0.476 e. The lowest BCUT2D eigenvalue weighted by atomic mass is 9.99. The van der Waals surface area contributed by atoms with E-state index in [1.807, 2.05) is 13.8 Å². The highest BCUT2D eigenvalue weighted by molar-refractivity contribution is 8.01. The number of halogens is 4. The normalized spacial score (nSPS) is 12.8. The quantitative estimate of drug-likeness (QED) is 0.227. The van der Waals surface area contributed by atoms with E-state index in [1.165, 1.54) is 24.3 Å². The number of carbonyl (C=O) groups is 1. The first kappa shape index (κ1) is 26.5. The fourth-order valence-electron chi connectivity index (χ4n) is 3.02. The number of aromatic nitrogens is 1. The zero-order chi connectivity index (χ0) is 25.2. The number of allylic oxidation sites excluding steroid dienone is 1. The van der Waals surface area contributed by atoms with Crippen LogP contribution in [0, 0.1) is 5.82 Å². The third-order valence-corrected chi connectivity index (χ3v) is 7.43. The van der Waals surface area contributed by atoms with E-state index in [1.54, 1.807) is 30.0 Å². The van der Waals surface area contributed by atoms with Gasteiger partial charge in [-0.05, 0) is 42.8 Å². The van der Waals surface area contributed by atoms with Gasteiger partial charge in [-0.1, -0.05) is 66.1 Å². The number of hydrogen-bond acceptors (Lipinski definition) is 6. The van der Waals surface area contributed by atoms with E-state index in [0.717, 1.165) is 21.9 Å². The van der Waals surface area contributed by atoms with E-state index < -0.39 is 11.8 Å². The minimum absolute atomic E-state index is 0.0539. The molecule has 178 valence electrons. The maximum Gasteiger partial charge on any atom is 0.355 e. The van der Waals surface area contributed by atoms with Crippen LogP contribution < -0.4 is 5.73 Å². The van der Waals surface area contributed by atoms with Crippen molar-refractivity contribution in [1.29, 1.82) is 0 Å². The summed E-state index contributed by atoms with van der Waals surface area (Å²) in [6.07, 6.45) is 0. The molecule has 0 amide bonds. The molecule has 0 atom stereocenters. The van der Waals surface area contributed by atoms with Crippen LogP contribution in [0.2, 0.25) is 15.1 Å². The van der Waals surface area contributed by atoms with Crippen molar-refractivity contribution >= 4 is 80.3 Å². The van der Waals surface area contributed by atoms with Crippen molar-refractivity contribution < 1.29 is 14.3 Å². The van der Waals surface area contributed by atoms with Crippen LogP contribution in [-0.2, 0) is 4.79 Å². The maximum atomic E-state index is 14.0. The predicted octanol–water partition coefficient (Wildman–Crippen LogP) is 7.96. The predicted molar refractivity (Wildman–Crippen MR) is 141 cm³/mol. The van der Waals surface area contributed by atoms with Gasteiger partial charge in [0, 0.05) is 27.1 Å². The second kappa shape index (κ2) is 11.1. The highest BCUT2D eigenvalue weighted by atomic mass is 35.5.